The van der Waals surface area contributed by atoms with E-state index < -0.39 is 9.84 Å². The number of carbonyl (C=O) groups excluding carboxylic acids is 1. The van der Waals surface area contributed by atoms with Crippen LogP contribution in [0.2, 0.25) is 0 Å². The molecule has 1 saturated carbocycles. The first-order valence-corrected chi connectivity index (χ1v) is 14.5. The van der Waals surface area contributed by atoms with Crippen molar-refractivity contribution >= 4 is 27.5 Å². The predicted molar refractivity (Wildman–Crippen MR) is 136 cm³/mol. The lowest BCUT2D eigenvalue weighted by molar-refractivity contribution is -0.130. The Labute approximate surface area is 205 Å². The predicted octanol–water partition coefficient (Wildman–Crippen LogP) is 4.43. The molecule has 2 fully saturated rings. The van der Waals surface area contributed by atoms with Crippen LogP contribution in [0.1, 0.15) is 30.4 Å². The lowest BCUT2D eigenvalue weighted by Crippen LogP contribution is -2.43. The molecule has 0 N–H and O–H groups in total. The second-order valence-electron chi connectivity index (χ2n) is 9.35. The van der Waals surface area contributed by atoms with Gasteiger partial charge >= 0.3 is 0 Å². The van der Waals surface area contributed by atoms with Gasteiger partial charge in [0.1, 0.15) is 0 Å². The summed E-state index contributed by atoms with van der Waals surface area (Å²) in [5, 5.41) is 0.756. The molecule has 0 bridgehead atoms. The number of amides is 1. The van der Waals surface area contributed by atoms with Crippen LogP contribution in [0.25, 0.3) is 16.9 Å². The highest BCUT2D eigenvalue weighted by molar-refractivity contribution is 7.99. The number of nitrogens with zero attached hydrogens (tertiary/aromatic N) is 3. The Morgan fingerprint density at radius 2 is 1.76 bits per heavy atom. The third-order valence-electron chi connectivity index (χ3n) is 6.42. The summed E-state index contributed by atoms with van der Waals surface area (Å²) in [6, 6.07) is 16.5. The number of carbonyl (C=O) groups is 1. The fourth-order valence-corrected chi connectivity index (χ4v) is 7.41. The third kappa shape index (κ3) is 4.93. The molecule has 34 heavy (non-hydrogen) atoms. The molecular weight excluding hydrogens is 466 g/mol. The molecule has 2 aliphatic rings. The minimum atomic E-state index is -3.04. The van der Waals surface area contributed by atoms with E-state index >= 15 is 0 Å². The van der Waals surface area contributed by atoms with Gasteiger partial charge in [-0.1, -0.05) is 48.2 Å². The second-order valence-corrected chi connectivity index (χ2v) is 12.5. The van der Waals surface area contributed by atoms with Gasteiger partial charge in [0.25, 0.3) is 0 Å². The molecule has 1 atom stereocenters. The molecule has 0 spiro atoms. The number of hydrogen-bond donors (Lipinski definition) is 0. The zero-order valence-corrected chi connectivity index (χ0v) is 21.1. The van der Waals surface area contributed by atoms with E-state index in [9.17, 15) is 13.2 Å². The minimum absolute atomic E-state index is 0.00540. The maximum atomic E-state index is 13.3. The molecule has 6 nitrogen and oxygen atoms in total. The van der Waals surface area contributed by atoms with Crippen LogP contribution >= 0.6 is 11.8 Å². The van der Waals surface area contributed by atoms with E-state index in [2.05, 4.69) is 48.7 Å². The first-order chi connectivity index (χ1) is 16.3. The largest absolute Gasteiger partial charge is 0.335 e. The Kier molecular flexibility index (Phi) is 6.29. The average Bonchev–Trinajstić information content (AvgIpc) is 3.42. The Morgan fingerprint density at radius 1 is 1.06 bits per heavy atom. The highest BCUT2D eigenvalue weighted by atomic mass is 32.2. The van der Waals surface area contributed by atoms with Crippen LogP contribution in [0.3, 0.4) is 0 Å². The number of hydrogen-bond acceptors (Lipinski definition) is 5. The van der Waals surface area contributed by atoms with Crippen molar-refractivity contribution in [2.24, 2.45) is 0 Å². The highest BCUT2D eigenvalue weighted by Gasteiger charge is 2.42. The first-order valence-electron chi connectivity index (χ1n) is 11.7. The van der Waals surface area contributed by atoms with Gasteiger partial charge in [-0.15, -0.1) is 0 Å². The average molecular weight is 496 g/mol. The van der Waals surface area contributed by atoms with E-state index in [-0.39, 0.29) is 35.2 Å². The summed E-state index contributed by atoms with van der Waals surface area (Å²) in [5.74, 6) is 0.517. The van der Waals surface area contributed by atoms with Gasteiger partial charge in [0.05, 0.1) is 29.1 Å². The van der Waals surface area contributed by atoms with Crippen LogP contribution in [0.4, 0.5) is 0 Å². The second kappa shape index (κ2) is 9.23. The topological polar surface area (TPSA) is 72.3 Å². The molecule has 178 valence electrons. The van der Waals surface area contributed by atoms with Gasteiger partial charge in [-0.2, -0.15) is 0 Å². The van der Waals surface area contributed by atoms with Gasteiger partial charge in [0.2, 0.25) is 5.91 Å². The summed E-state index contributed by atoms with van der Waals surface area (Å²) in [5.41, 5.74) is 5.38. The van der Waals surface area contributed by atoms with E-state index in [1.54, 1.807) is 0 Å². The Balaban J connectivity index is 1.43. The van der Waals surface area contributed by atoms with Crippen LogP contribution in [-0.2, 0) is 14.6 Å². The highest BCUT2D eigenvalue weighted by Crippen LogP contribution is 2.35. The summed E-state index contributed by atoms with van der Waals surface area (Å²) < 4.78 is 26.2. The SMILES string of the molecule is Cc1cc(C)cc(-n2c(-c3ccccc3)cnc2SCC(=O)N(C2CC2)[C@@H]2CCS(=O)(=O)C2)c1. The molecule has 1 saturated heterocycles. The molecule has 8 heteroatoms. The van der Waals surface area contributed by atoms with Crippen molar-refractivity contribution in [1.82, 2.24) is 14.5 Å². The Bertz CT molecular complexity index is 1290. The van der Waals surface area contributed by atoms with Crippen molar-refractivity contribution in [3.05, 3.63) is 65.9 Å². The van der Waals surface area contributed by atoms with Gasteiger partial charge in [-0.25, -0.2) is 13.4 Å². The number of aromatic nitrogens is 2. The number of rotatable bonds is 7. The smallest absolute Gasteiger partial charge is 0.233 e. The molecule has 3 aromatic rings. The lowest BCUT2D eigenvalue weighted by Gasteiger charge is -2.28. The van der Waals surface area contributed by atoms with E-state index in [0.29, 0.717) is 6.42 Å². The maximum Gasteiger partial charge on any atom is 0.233 e. The maximum absolute atomic E-state index is 13.3. The molecule has 1 aromatic heterocycles. The first kappa shape index (κ1) is 23.2. The molecule has 1 amide bonds. The molecule has 2 heterocycles. The number of imidazole rings is 1. The normalized spacial score (nSPS) is 19.3. The number of thioether (sulfide) groups is 1. The van der Waals surface area contributed by atoms with Gasteiger partial charge < -0.3 is 4.90 Å². The summed E-state index contributed by atoms with van der Waals surface area (Å²) in [6.45, 7) is 4.16. The van der Waals surface area contributed by atoms with E-state index in [1.165, 1.54) is 11.8 Å². The quantitative estimate of drug-likeness (QED) is 0.454. The van der Waals surface area contributed by atoms with Crippen molar-refractivity contribution in [2.45, 2.75) is 50.4 Å². The summed E-state index contributed by atoms with van der Waals surface area (Å²) in [7, 11) is -3.04. The molecule has 1 aliphatic heterocycles. The van der Waals surface area contributed by atoms with E-state index in [0.717, 1.165) is 46.1 Å². The summed E-state index contributed by atoms with van der Waals surface area (Å²) in [6.07, 6.45) is 4.33. The summed E-state index contributed by atoms with van der Waals surface area (Å²) >= 11 is 1.42. The molecule has 0 unspecified atom stereocenters. The zero-order chi connectivity index (χ0) is 23.9. The van der Waals surface area contributed by atoms with Crippen LogP contribution in [0, 0.1) is 13.8 Å². The molecular formula is C26H29N3O3S2. The molecule has 2 aromatic carbocycles. The van der Waals surface area contributed by atoms with E-state index in [4.69, 9.17) is 4.98 Å². The Morgan fingerprint density at radius 3 is 2.38 bits per heavy atom. The van der Waals surface area contributed by atoms with Crippen molar-refractivity contribution in [3.8, 4) is 16.9 Å². The molecule has 1 aliphatic carbocycles. The number of benzene rings is 2. The number of aryl methyl sites for hydroxylation is 2. The van der Waals surface area contributed by atoms with Crippen molar-refractivity contribution < 1.29 is 13.2 Å². The van der Waals surface area contributed by atoms with Gasteiger partial charge in [-0.3, -0.25) is 9.36 Å². The monoisotopic (exact) mass is 495 g/mol. The number of sulfone groups is 1. The van der Waals surface area contributed by atoms with Crippen molar-refractivity contribution in [3.63, 3.8) is 0 Å². The zero-order valence-electron chi connectivity index (χ0n) is 19.5. The third-order valence-corrected chi connectivity index (χ3v) is 9.11. The summed E-state index contributed by atoms with van der Waals surface area (Å²) in [4.78, 5) is 19.9. The standard InChI is InChI=1S/C26H29N3O3S2/c1-18-12-19(2)14-23(13-18)29-24(20-6-4-3-5-7-20)15-27-26(29)33-16-25(30)28(21-8-9-21)22-10-11-34(31,32)17-22/h3-7,12-15,21-22H,8-11,16-17H2,1-2H3/t22-/m1/s1. The van der Waals surface area contributed by atoms with E-state index in [1.807, 2.05) is 29.3 Å². The fraction of sp³-hybridized carbons (Fsp3) is 0.385. The van der Waals surface area contributed by atoms with Crippen molar-refractivity contribution in [2.75, 3.05) is 17.3 Å². The van der Waals surface area contributed by atoms with Crippen molar-refractivity contribution in [1.29, 1.82) is 0 Å². The Hall–Kier alpha value is -2.58. The molecule has 0 radical (unpaired) electrons. The minimum Gasteiger partial charge on any atom is -0.335 e. The van der Waals surface area contributed by atoms with Crippen LogP contribution in [0.5, 0.6) is 0 Å². The van der Waals surface area contributed by atoms with Gasteiger partial charge in [0.15, 0.2) is 15.0 Å². The molecule has 5 rings (SSSR count). The van der Waals surface area contributed by atoms with Gasteiger partial charge in [0, 0.05) is 23.3 Å². The fourth-order valence-electron chi connectivity index (χ4n) is 4.83. The lowest BCUT2D eigenvalue weighted by atomic mass is 10.1. The van der Waals surface area contributed by atoms with Crippen LogP contribution in [0.15, 0.2) is 59.9 Å². The van der Waals surface area contributed by atoms with Gasteiger partial charge in [-0.05, 0) is 56.4 Å². The van der Waals surface area contributed by atoms with Crippen LogP contribution < -0.4 is 0 Å². The van der Waals surface area contributed by atoms with Crippen LogP contribution in [-0.4, -0.2) is 58.1 Å².